The van der Waals surface area contributed by atoms with Crippen LogP contribution in [0.25, 0.3) is 0 Å². The number of amides is 1. The van der Waals surface area contributed by atoms with Gasteiger partial charge in [0.1, 0.15) is 17.5 Å². The second-order valence-corrected chi connectivity index (χ2v) is 6.66. The molecular formula is C19H26N3O7+. The van der Waals surface area contributed by atoms with E-state index in [0.717, 1.165) is 25.7 Å². The van der Waals surface area contributed by atoms with Crippen molar-refractivity contribution in [3.8, 4) is 5.75 Å². The van der Waals surface area contributed by atoms with Crippen LogP contribution in [0.15, 0.2) is 35.2 Å². The Hall–Kier alpha value is -3.24. The van der Waals surface area contributed by atoms with Crippen LogP contribution in [-0.4, -0.2) is 62.6 Å². The van der Waals surface area contributed by atoms with Gasteiger partial charge in [0.05, 0.1) is 12.1 Å². The van der Waals surface area contributed by atoms with Gasteiger partial charge < -0.3 is 26.1 Å². The molecule has 1 aromatic carbocycles. The minimum absolute atomic E-state index is 0. The largest absolute Gasteiger partial charge is 0.507 e. The predicted molar refractivity (Wildman–Crippen MR) is 104 cm³/mol. The number of hydrogen-bond acceptors (Lipinski definition) is 5. The van der Waals surface area contributed by atoms with Gasteiger partial charge in [-0.1, -0.05) is 25.8 Å². The number of nitrogens with one attached hydrogen (secondary N) is 1. The maximum absolute atomic E-state index is 12.5. The molecule has 1 aliphatic heterocycles. The number of hydrogen-bond donors (Lipinski definition) is 4. The lowest BCUT2D eigenvalue weighted by Crippen LogP contribution is -2.45. The highest BCUT2D eigenvalue weighted by Crippen LogP contribution is 2.22. The fourth-order valence-electron chi connectivity index (χ4n) is 3.06. The number of nitrogens with zero attached hydrogens (tertiary/aromatic N) is 2. The number of benzene rings is 1. The smallest absolute Gasteiger partial charge is 0.360 e. The fourth-order valence-corrected chi connectivity index (χ4v) is 3.06. The summed E-state index contributed by atoms with van der Waals surface area (Å²) in [4.78, 5) is 39.2. The molecule has 10 heteroatoms. The number of aliphatic imine (C=N–C) groups is 1. The van der Waals surface area contributed by atoms with Crippen molar-refractivity contribution in [2.75, 3.05) is 13.1 Å². The lowest BCUT2D eigenvalue weighted by molar-refractivity contribution is -0.771. The second kappa shape index (κ2) is 10.3. The molecule has 1 heterocycles. The van der Waals surface area contributed by atoms with Crippen LogP contribution in [-0.2, 0) is 4.79 Å². The Morgan fingerprint density at radius 1 is 1.14 bits per heavy atom. The number of carbonyl (C=O) groups is 3. The molecule has 2 rings (SSSR count). The maximum Gasteiger partial charge on any atom is 0.360 e. The van der Waals surface area contributed by atoms with E-state index in [-0.39, 0.29) is 27.9 Å². The summed E-state index contributed by atoms with van der Waals surface area (Å²) < 4.78 is -0.0273. The Bertz CT molecular complexity index is 835. The molecule has 0 saturated carbocycles. The monoisotopic (exact) mass is 408 g/mol. The van der Waals surface area contributed by atoms with Crippen molar-refractivity contribution in [1.29, 1.82) is 0 Å². The van der Waals surface area contributed by atoms with E-state index in [4.69, 9.17) is 0 Å². The number of phenols is 1. The molecule has 0 fully saturated rings. The van der Waals surface area contributed by atoms with Crippen LogP contribution in [0.2, 0.25) is 0 Å². The summed E-state index contributed by atoms with van der Waals surface area (Å²) in [5, 5.41) is 30.7. The quantitative estimate of drug-likeness (QED) is 0.336. The number of aliphatic carboxylic acids is 1. The number of carboxylic acid groups (broad SMARTS) is 2. The molecule has 0 aliphatic carbocycles. The minimum Gasteiger partial charge on any atom is -0.507 e. The lowest BCUT2D eigenvalue weighted by atomic mass is 10.1. The van der Waals surface area contributed by atoms with Gasteiger partial charge in [0.2, 0.25) is 0 Å². The van der Waals surface area contributed by atoms with Crippen molar-refractivity contribution in [1.82, 2.24) is 5.32 Å². The summed E-state index contributed by atoms with van der Waals surface area (Å²) in [7, 11) is 0. The van der Waals surface area contributed by atoms with Crippen LogP contribution in [0.1, 0.15) is 53.3 Å². The average molecular weight is 408 g/mol. The minimum atomic E-state index is -1.43. The van der Waals surface area contributed by atoms with E-state index >= 15 is 0 Å². The molecule has 1 aromatic rings. The molecule has 158 valence electrons. The van der Waals surface area contributed by atoms with Crippen molar-refractivity contribution in [3.63, 3.8) is 0 Å². The molecule has 29 heavy (non-hydrogen) atoms. The van der Waals surface area contributed by atoms with Gasteiger partial charge in [-0.05, 0) is 25.0 Å². The number of unbranched alkanes of at least 4 members (excludes halogenated alkanes) is 3. The second-order valence-electron chi connectivity index (χ2n) is 6.66. The average Bonchev–Trinajstić information content (AvgIpc) is 3.00. The van der Waals surface area contributed by atoms with E-state index in [9.17, 15) is 29.7 Å². The van der Waals surface area contributed by atoms with E-state index in [1.54, 1.807) is 6.20 Å². The van der Waals surface area contributed by atoms with Gasteiger partial charge in [0.25, 0.3) is 5.91 Å². The molecule has 0 bridgehead atoms. The van der Waals surface area contributed by atoms with Gasteiger partial charge in [-0.25, -0.2) is 14.1 Å². The van der Waals surface area contributed by atoms with Crippen molar-refractivity contribution < 1.29 is 39.7 Å². The van der Waals surface area contributed by atoms with E-state index in [1.807, 2.05) is 0 Å². The predicted octanol–water partition coefficient (Wildman–Crippen LogP) is 1.32. The number of carbonyl (C=O) groups excluding carboxylic acids is 1. The lowest BCUT2D eigenvalue weighted by Gasteiger charge is -2.25. The summed E-state index contributed by atoms with van der Waals surface area (Å²) in [6.45, 7) is 2.41. The Morgan fingerprint density at radius 3 is 2.48 bits per heavy atom. The van der Waals surface area contributed by atoms with Crippen LogP contribution >= 0.6 is 0 Å². The number of rotatable bonds is 10. The number of quaternary nitrogens is 1. The summed E-state index contributed by atoms with van der Waals surface area (Å²) in [6.07, 6.45) is 6.88. The van der Waals surface area contributed by atoms with Crippen molar-refractivity contribution in [2.45, 2.75) is 32.6 Å². The zero-order valence-electron chi connectivity index (χ0n) is 16.1. The van der Waals surface area contributed by atoms with Crippen LogP contribution in [0.5, 0.6) is 5.75 Å². The molecule has 1 atom stereocenters. The zero-order chi connectivity index (χ0) is 20.7. The summed E-state index contributed by atoms with van der Waals surface area (Å²) in [5.41, 5.74) is -0.719. The van der Waals surface area contributed by atoms with Gasteiger partial charge in [-0.3, -0.25) is 4.79 Å². The molecule has 0 saturated heterocycles. The molecule has 6 N–H and O–H groups in total. The fraction of sp³-hybridized carbons (Fsp3) is 0.368. The summed E-state index contributed by atoms with van der Waals surface area (Å²) >= 11 is 0. The van der Waals surface area contributed by atoms with E-state index in [1.165, 1.54) is 24.5 Å². The van der Waals surface area contributed by atoms with Gasteiger partial charge in [-0.15, -0.1) is 0 Å². The highest BCUT2D eigenvalue weighted by Gasteiger charge is 2.33. The van der Waals surface area contributed by atoms with Crippen LogP contribution in [0, 0.1) is 0 Å². The highest BCUT2D eigenvalue weighted by atomic mass is 16.4. The summed E-state index contributed by atoms with van der Waals surface area (Å²) in [6, 6.07) is 3.82. The topological polar surface area (TPSA) is 168 Å². The molecule has 0 spiro atoms. The maximum atomic E-state index is 12.5. The first-order valence-corrected chi connectivity index (χ1v) is 9.01. The van der Waals surface area contributed by atoms with Crippen LogP contribution < -0.4 is 5.32 Å². The van der Waals surface area contributed by atoms with Crippen LogP contribution in [0.3, 0.4) is 0 Å². The first-order chi connectivity index (χ1) is 13.3. The molecule has 1 unspecified atom stereocenters. The molecule has 10 nitrogen and oxygen atoms in total. The third-order valence-corrected chi connectivity index (χ3v) is 4.41. The SMILES string of the molecule is CCCCCC[N+]1(CC(=O)O)C=NC(NC(=O)c2cccc(O)c2C(=O)O)=C1.O. The molecular weight excluding hydrogens is 382 g/mol. The van der Waals surface area contributed by atoms with Crippen molar-refractivity contribution >= 4 is 24.2 Å². The normalized spacial score (nSPS) is 17.3. The number of aromatic hydroxyl groups is 1. The Labute approximate surface area is 167 Å². The van der Waals surface area contributed by atoms with E-state index in [2.05, 4.69) is 17.2 Å². The Morgan fingerprint density at radius 2 is 1.86 bits per heavy atom. The molecule has 1 amide bonds. The van der Waals surface area contributed by atoms with Gasteiger partial charge in [-0.2, -0.15) is 4.99 Å². The van der Waals surface area contributed by atoms with E-state index in [0.29, 0.717) is 6.54 Å². The first kappa shape index (κ1) is 23.8. The third-order valence-electron chi connectivity index (χ3n) is 4.41. The van der Waals surface area contributed by atoms with Gasteiger partial charge >= 0.3 is 11.9 Å². The number of carboxylic acids is 2. The van der Waals surface area contributed by atoms with Gasteiger partial charge in [0.15, 0.2) is 18.7 Å². The van der Waals surface area contributed by atoms with Crippen LogP contribution in [0.4, 0.5) is 0 Å². The Kier molecular flexibility index (Phi) is 8.49. The molecule has 1 aliphatic rings. The standard InChI is InChI=1S/C19H23N3O6.H2O/c1-2-3-4-5-9-22(11-16(24)25)10-15(20-12-22)21-18(26)13-7-6-8-14(23)17(13)19(27)28;/h6-8,10,12H,2-5,9,11H2,1H3,(H3-,21,23,24,25,26,27,28);1H2/p+1. The van der Waals surface area contributed by atoms with E-state index < -0.39 is 29.2 Å². The zero-order valence-corrected chi connectivity index (χ0v) is 16.1. The van der Waals surface area contributed by atoms with Crippen molar-refractivity contribution in [3.05, 3.63) is 41.3 Å². The molecule has 0 radical (unpaired) electrons. The summed E-state index contributed by atoms with van der Waals surface area (Å²) in [5.74, 6) is -3.55. The van der Waals surface area contributed by atoms with Gasteiger partial charge in [0, 0.05) is 0 Å². The molecule has 0 aromatic heterocycles. The Balaban J connectivity index is 0.00000420. The van der Waals surface area contributed by atoms with Crippen molar-refractivity contribution in [2.24, 2.45) is 4.99 Å². The third kappa shape index (κ3) is 6.13. The highest BCUT2D eigenvalue weighted by molar-refractivity contribution is 6.06. The number of aromatic carboxylic acids is 1. The first-order valence-electron chi connectivity index (χ1n) is 9.01.